The number of benzene rings is 1. The minimum atomic E-state index is -0.552. The lowest BCUT2D eigenvalue weighted by Crippen LogP contribution is -2.43. The summed E-state index contributed by atoms with van der Waals surface area (Å²) >= 11 is 0. The molecule has 0 aliphatic rings. The Labute approximate surface area is 126 Å². The fourth-order valence-corrected chi connectivity index (χ4v) is 1.56. The van der Waals surface area contributed by atoms with Gasteiger partial charge in [0.15, 0.2) is 0 Å². The predicted octanol–water partition coefficient (Wildman–Crippen LogP) is 3.76. The van der Waals surface area contributed by atoms with Crippen LogP contribution in [0.25, 0.3) is 0 Å². The normalized spacial score (nSPS) is 13.5. The van der Waals surface area contributed by atoms with E-state index in [-0.39, 0.29) is 11.9 Å². The number of hydrogen-bond acceptors (Lipinski definition) is 3. The number of rotatable bonds is 3. The van der Waals surface area contributed by atoms with Gasteiger partial charge in [-0.05, 0) is 45.4 Å². The van der Waals surface area contributed by atoms with Gasteiger partial charge < -0.3 is 15.8 Å². The number of alkyl carbamates (subject to hydrolysis) is 1. The maximum absolute atomic E-state index is 12.8. The average molecular weight is 298 g/mol. The number of halogens is 1. The zero-order valence-electron chi connectivity index (χ0n) is 13.7. The molecular weight excluding hydrogens is 271 g/mol. The molecule has 2 atom stereocenters. The van der Waals surface area contributed by atoms with Crippen LogP contribution in [0.15, 0.2) is 24.3 Å². The molecule has 4 nitrogen and oxygen atoms in total. The standard InChI is InChI=1S/C14H21FN2O2.C2H6/c1-9(17-13(18)19-14(2,3)4)12(16)10-5-7-11(15)8-6-10;1-2/h5-9,12H,16H2,1-4H3,(H,17,18);1-2H3. The molecule has 1 aromatic carbocycles. The van der Waals surface area contributed by atoms with E-state index >= 15 is 0 Å². The molecule has 5 heteroatoms. The van der Waals surface area contributed by atoms with Gasteiger partial charge in [-0.2, -0.15) is 0 Å². The highest BCUT2D eigenvalue weighted by molar-refractivity contribution is 5.68. The Morgan fingerprint density at radius 2 is 1.71 bits per heavy atom. The summed E-state index contributed by atoms with van der Waals surface area (Å²) in [6.45, 7) is 11.1. The molecule has 0 fully saturated rings. The molecule has 1 aromatic rings. The third-order valence-electron chi connectivity index (χ3n) is 2.54. The molecule has 0 heterocycles. The highest BCUT2D eigenvalue weighted by atomic mass is 19.1. The van der Waals surface area contributed by atoms with Gasteiger partial charge in [0.25, 0.3) is 0 Å². The fourth-order valence-electron chi connectivity index (χ4n) is 1.56. The molecule has 1 amide bonds. The first-order chi connectivity index (χ1) is 9.69. The summed E-state index contributed by atoms with van der Waals surface area (Å²) < 4.78 is 18.0. The van der Waals surface area contributed by atoms with Gasteiger partial charge in [-0.15, -0.1) is 0 Å². The number of carbonyl (C=O) groups excluding carboxylic acids is 1. The Bertz CT molecular complexity index is 427. The van der Waals surface area contributed by atoms with Crippen LogP contribution in [0.2, 0.25) is 0 Å². The lowest BCUT2D eigenvalue weighted by atomic mass is 10.0. The Hall–Kier alpha value is -1.62. The van der Waals surface area contributed by atoms with Crippen molar-refractivity contribution in [3.8, 4) is 0 Å². The zero-order chi connectivity index (χ0) is 16.6. The van der Waals surface area contributed by atoms with Gasteiger partial charge in [0.05, 0.1) is 0 Å². The number of amides is 1. The lowest BCUT2D eigenvalue weighted by molar-refractivity contribution is 0.0501. The van der Waals surface area contributed by atoms with Crippen LogP contribution in [-0.4, -0.2) is 17.7 Å². The van der Waals surface area contributed by atoms with Crippen molar-refractivity contribution in [1.29, 1.82) is 0 Å². The van der Waals surface area contributed by atoms with Crippen molar-refractivity contribution in [3.05, 3.63) is 35.6 Å². The molecule has 0 radical (unpaired) electrons. The van der Waals surface area contributed by atoms with Crippen LogP contribution in [0.5, 0.6) is 0 Å². The number of carbonyl (C=O) groups is 1. The van der Waals surface area contributed by atoms with Crippen LogP contribution in [-0.2, 0) is 4.74 Å². The van der Waals surface area contributed by atoms with Gasteiger partial charge in [0.1, 0.15) is 11.4 Å². The van der Waals surface area contributed by atoms with Gasteiger partial charge in [-0.1, -0.05) is 26.0 Å². The van der Waals surface area contributed by atoms with E-state index in [9.17, 15) is 9.18 Å². The molecule has 2 unspecified atom stereocenters. The van der Waals surface area contributed by atoms with Crippen molar-refractivity contribution in [2.45, 2.75) is 59.2 Å². The summed E-state index contributed by atoms with van der Waals surface area (Å²) in [6, 6.07) is 5.15. The molecular formula is C16H27FN2O2. The molecule has 3 N–H and O–H groups in total. The van der Waals surface area contributed by atoms with Crippen LogP contribution in [0.3, 0.4) is 0 Å². The minimum absolute atomic E-state index is 0.316. The molecule has 0 aromatic heterocycles. The number of hydrogen-bond donors (Lipinski definition) is 2. The molecule has 0 saturated carbocycles. The van der Waals surface area contributed by atoms with E-state index in [1.165, 1.54) is 12.1 Å². The fraction of sp³-hybridized carbons (Fsp3) is 0.562. The predicted molar refractivity (Wildman–Crippen MR) is 83.5 cm³/mol. The Balaban J connectivity index is 0.00000191. The van der Waals surface area contributed by atoms with E-state index in [0.29, 0.717) is 0 Å². The van der Waals surface area contributed by atoms with Crippen molar-refractivity contribution in [2.24, 2.45) is 5.73 Å². The van der Waals surface area contributed by atoms with E-state index in [4.69, 9.17) is 10.5 Å². The van der Waals surface area contributed by atoms with E-state index in [0.717, 1.165) is 5.56 Å². The molecule has 0 aliphatic heterocycles. The van der Waals surface area contributed by atoms with Gasteiger partial charge in [-0.25, -0.2) is 9.18 Å². The summed E-state index contributed by atoms with van der Waals surface area (Å²) in [5.74, 6) is -0.316. The monoisotopic (exact) mass is 298 g/mol. The molecule has 21 heavy (non-hydrogen) atoms. The second-order valence-corrected chi connectivity index (χ2v) is 5.51. The third kappa shape index (κ3) is 7.66. The number of nitrogens with one attached hydrogen (secondary N) is 1. The number of nitrogens with two attached hydrogens (primary N) is 1. The lowest BCUT2D eigenvalue weighted by Gasteiger charge is -2.25. The van der Waals surface area contributed by atoms with Crippen LogP contribution >= 0.6 is 0 Å². The van der Waals surface area contributed by atoms with Gasteiger partial charge in [0.2, 0.25) is 0 Å². The van der Waals surface area contributed by atoms with Gasteiger partial charge in [-0.3, -0.25) is 0 Å². The SMILES string of the molecule is CC.CC(NC(=O)OC(C)(C)C)C(N)c1ccc(F)cc1. The maximum Gasteiger partial charge on any atom is 0.407 e. The summed E-state index contributed by atoms with van der Waals surface area (Å²) in [5, 5.41) is 2.67. The second kappa shape index (κ2) is 8.62. The first-order valence-corrected chi connectivity index (χ1v) is 7.19. The van der Waals surface area contributed by atoms with Crippen molar-refractivity contribution < 1.29 is 13.9 Å². The van der Waals surface area contributed by atoms with Crippen LogP contribution in [0, 0.1) is 5.82 Å². The summed E-state index contributed by atoms with van der Waals surface area (Å²) in [7, 11) is 0. The van der Waals surface area contributed by atoms with E-state index < -0.39 is 17.7 Å². The van der Waals surface area contributed by atoms with Crippen molar-refractivity contribution >= 4 is 6.09 Å². The second-order valence-electron chi connectivity index (χ2n) is 5.51. The Kier molecular flexibility index (Phi) is 7.95. The first kappa shape index (κ1) is 19.4. The molecule has 0 aliphatic carbocycles. The molecule has 120 valence electrons. The van der Waals surface area contributed by atoms with Crippen molar-refractivity contribution in [1.82, 2.24) is 5.32 Å². The van der Waals surface area contributed by atoms with E-state index in [2.05, 4.69) is 5.32 Å². The van der Waals surface area contributed by atoms with Crippen molar-refractivity contribution in [3.63, 3.8) is 0 Å². The van der Waals surface area contributed by atoms with Gasteiger partial charge >= 0.3 is 6.09 Å². The maximum atomic E-state index is 12.8. The van der Waals surface area contributed by atoms with E-state index in [1.54, 1.807) is 39.8 Å². The van der Waals surface area contributed by atoms with Gasteiger partial charge in [0, 0.05) is 12.1 Å². The van der Waals surface area contributed by atoms with Crippen LogP contribution in [0.4, 0.5) is 9.18 Å². The highest BCUT2D eigenvalue weighted by Crippen LogP contribution is 2.15. The zero-order valence-corrected chi connectivity index (χ0v) is 13.7. The topological polar surface area (TPSA) is 64.3 Å². The van der Waals surface area contributed by atoms with Crippen molar-refractivity contribution in [2.75, 3.05) is 0 Å². The Morgan fingerprint density at radius 1 is 1.24 bits per heavy atom. The smallest absolute Gasteiger partial charge is 0.407 e. The summed E-state index contributed by atoms with van der Waals surface area (Å²) in [5.41, 5.74) is 6.21. The first-order valence-electron chi connectivity index (χ1n) is 7.19. The molecule has 0 saturated heterocycles. The molecule has 0 bridgehead atoms. The Morgan fingerprint density at radius 3 is 2.14 bits per heavy atom. The summed E-state index contributed by atoms with van der Waals surface area (Å²) in [4.78, 5) is 11.6. The van der Waals surface area contributed by atoms with Crippen LogP contribution < -0.4 is 11.1 Å². The summed E-state index contributed by atoms with van der Waals surface area (Å²) in [6.07, 6.45) is -0.516. The molecule has 1 rings (SSSR count). The van der Waals surface area contributed by atoms with Crippen LogP contribution in [0.1, 0.15) is 53.1 Å². The quantitative estimate of drug-likeness (QED) is 0.893. The van der Waals surface area contributed by atoms with E-state index in [1.807, 2.05) is 13.8 Å². The average Bonchev–Trinajstić information content (AvgIpc) is 2.38. The molecule has 0 spiro atoms. The minimum Gasteiger partial charge on any atom is -0.444 e. The highest BCUT2D eigenvalue weighted by Gasteiger charge is 2.21. The number of ether oxygens (including phenoxy) is 1. The third-order valence-corrected chi connectivity index (χ3v) is 2.54. The largest absolute Gasteiger partial charge is 0.444 e.